The Morgan fingerprint density at radius 3 is 2.50 bits per heavy atom. The van der Waals surface area contributed by atoms with Crippen LogP contribution in [0.4, 0.5) is 4.79 Å². The molecule has 0 N–H and O–H groups in total. The highest BCUT2D eigenvalue weighted by Gasteiger charge is 2.29. The highest BCUT2D eigenvalue weighted by atomic mass is 16.6. The molecule has 2 aromatic rings. The average Bonchev–Trinajstić information content (AvgIpc) is 2.68. The minimum absolute atomic E-state index is 0.222. The van der Waals surface area contributed by atoms with Gasteiger partial charge in [-0.2, -0.15) is 4.68 Å². The van der Waals surface area contributed by atoms with Gasteiger partial charge in [0.25, 0.3) is 5.56 Å². The quantitative estimate of drug-likeness (QED) is 0.798. The summed E-state index contributed by atoms with van der Waals surface area (Å²) in [4.78, 5) is 40.3. The lowest BCUT2D eigenvalue weighted by molar-refractivity contribution is -0.136. The van der Waals surface area contributed by atoms with Gasteiger partial charge in [-0.25, -0.2) is 4.79 Å². The summed E-state index contributed by atoms with van der Waals surface area (Å²) in [6.45, 7) is 5.27. The summed E-state index contributed by atoms with van der Waals surface area (Å²) in [5.41, 5.74) is 0.151. The van der Waals surface area contributed by atoms with Gasteiger partial charge < -0.3 is 14.5 Å². The lowest BCUT2D eigenvalue weighted by Crippen LogP contribution is -2.52. The van der Waals surface area contributed by atoms with Gasteiger partial charge in [0.1, 0.15) is 11.6 Å². The fourth-order valence-corrected chi connectivity index (χ4v) is 2.95. The minimum Gasteiger partial charge on any atom is -0.450 e. The summed E-state index contributed by atoms with van der Waals surface area (Å²) in [5, 5.41) is 8.36. The Morgan fingerprint density at radius 2 is 1.81 bits per heavy atom. The molecule has 2 amide bonds. The van der Waals surface area contributed by atoms with Crippen LogP contribution in [0.5, 0.6) is 0 Å². The van der Waals surface area contributed by atoms with Crippen LogP contribution in [0.25, 0.3) is 10.9 Å². The summed E-state index contributed by atoms with van der Waals surface area (Å²) in [6, 6.07) is 6.12. The predicted molar refractivity (Wildman–Crippen MR) is 93.7 cm³/mol. The third kappa shape index (κ3) is 3.37. The second-order valence-corrected chi connectivity index (χ2v) is 6.04. The lowest BCUT2D eigenvalue weighted by Gasteiger charge is -2.35. The van der Waals surface area contributed by atoms with Gasteiger partial charge in [0, 0.05) is 26.2 Å². The zero-order chi connectivity index (χ0) is 18.7. The molecule has 1 fully saturated rings. The van der Waals surface area contributed by atoms with Crippen LogP contribution < -0.4 is 5.56 Å². The van der Waals surface area contributed by atoms with E-state index in [1.165, 1.54) is 0 Å². The maximum absolute atomic E-state index is 12.8. The number of rotatable bonds is 3. The number of amides is 2. The van der Waals surface area contributed by atoms with Crippen molar-refractivity contribution >= 4 is 22.9 Å². The summed E-state index contributed by atoms with van der Waals surface area (Å²) in [5.74, 6) is -0.222. The monoisotopic (exact) mass is 359 g/mol. The van der Waals surface area contributed by atoms with Crippen molar-refractivity contribution in [3.63, 3.8) is 0 Å². The van der Waals surface area contributed by atoms with Crippen molar-refractivity contribution in [1.29, 1.82) is 0 Å². The number of nitrogens with zero attached hydrogens (tertiary/aromatic N) is 5. The van der Waals surface area contributed by atoms with Gasteiger partial charge in [0.2, 0.25) is 5.91 Å². The molecule has 1 aliphatic rings. The van der Waals surface area contributed by atoms with Crippen LogP contribution in [0.2, 0.25) is 0 Å². The molecule has 138 valence electrons. The Kier molecular flexibility index (Phi) is 5.15. The highest BCUT2D eigenvalue weighted by Crippen LogP contribution is 2.12. The van der Waals surface area contributed by atoms with Crippen LogP contribution in [0.1, 0.15) is 19.9 Å². The molecule has 2 heterocycles. The molecule has 0 unspecified atom stereocenters. The van der Waals surface area contributed by atoms with Gasteiger partial charge in [-0.1, -0.05) is 17.3 Å². The SMILES string of the molecule is CCOC(=O)N1CCN(C(=O)[C@@H](C)n2nnc3ccccc3c2=O)CC1. The van der Waals surface area contributed by atoms with Crippen LogP contribution >= 0.6 is 0 Å². The first kappa shape index (κ1) is 17.8. The van der Waals surface area contributed by atoms with E-state index in [0.717, 1.165) is 4.68 Å². The molecule has 1 aliphatic heterocycles. The average molecular weight is 359 g/mol. The molecule has 0 saturated carbocycles. The zero-order valence-electron chi connectivity index (χ0n) is 14.8. The van der Waals surface area contributed by atoms with Crippen molar-refractivity contribution in [1.82, 2.24) is 24.8 Å². The van der Waals surface area contributed by atoms with E-state index in [1.807, 2.05) is 0 Å². The molecule has 1 atom stereocenters. The Balaban J connectivity index is 1.72. The Bertz CT molecular complexity index is 873. The molecule has 0 spiro atoms. The Labute approximate surface area is 150 Å². The van der Waals surface area contributed by atoms with Gasteiger partial charge in [0.15, 0.2) is 0 Å². The number of carbonyl (C=O) groups is 2. The fourth-order valence-electron chi connectivity index (χ4n) is 2.95. The van der Waals surface area contributed by atoms with E-state index >= 15 is 0 Å². The molecule has 0 radical (unpaired) electrons. The molecule has 3 rings (SSSR count). The lowest BCUT2D eigenvalue weighted by atomic mass is 10.2. The number of benzene rings is 1. The molecular weight excluding hydrogens is 338 g/mol. The van der Waals surface area contributed by atoms with Crippen LogP contribution in [0, 0.1) is 0 Å². The third-order valence-corrected chi connectivity index (χ3v) is 4.43. The van der Waals surface area contributed by atoms with E-state index in [1.54, 1.807) is 47.9 Å². The summed E-state index contributed by atoms with van der Waals surface area (Å²) < 4.78 is 6.08. The van der Waals surface area contributed by atoms with Gasteiger partial charge in [0.05, 0.1) is 12.0 Å². The van der Waals surface area contributed by atoms with Crippen molar-refractivity contribution in [2.24, 2.45) is 0 Å². The molecule has 9 heteroatoms. The van der Waals surface area contributed by atoms with Gasteiger partial charge >= 0.3 is 6.09 Å². The predicted octanol–water partition coefficient (Wildman–Crippen LogP) is 0.653. The van der Waals surface area contributed by atoms with E-state index in [4.69, 9.17) is 4.74 Å². The molecular formula is C17H21N5O4. The Hall–Kier alpha value is -2.97. The van der Waals surface area contributed by atoms with Crippen molar-refractivity contribution in [3.8, 4) is 0 Å². The van der Waals surface area contributed by atoms with Crippen LogP contribution in [0.3, 0.4) is 0 Å². The number of piperazine rings is 1. The van der Waals surface area contributed by atoms with Gasteiger partial charge in [-0.05, 0) is 26.0 Å². The first-order valence-electron chi connectivity index (χ1n) is 8.57. The number of hydrogen-bond acceptors (Lipinski definition) is 6. The molecule has 9 nitrogen and oxygen atoms in total. The first-order valence-corrected chi connectivity index (χ1v) is 8.57. The normalized spacial score (nSPS) is 15.8. The van der Waals surface area contributed by atoms with Crippen LogP contribution in [-0.4, -0.2) is 69.6 Å². The second kappa shape index (κ2) is 7.51. The Morgan fingerprint density at radius 1 is 1.15 bits per heavy atom. The summed E-state index contributed by atoms with van der Waals surface area (Å²) >= 11 is 0. The fraction of sp³-hybridized carbons (Fsp3) is 0.471. The molecule has 1 aromatic carbocycles. The third-order valence-electron chi connectivity index (χ3n) is 4.43. The standard InChI is InChI=1S/C17H21N5O4/c1-3-26-17(25)21-10-8-20(9-11-21)15(23)12(2)22-16(24)13-6-4-5-7-14(13)18-19-22/h4-7,12H,3,8-11H2,1-2H3/t12-/m1/s1. The number of ether oxygens (including phenoxy) is 1. The molecule has 26 heavy (non-hydrogen) atoms. The van der Waals surface area contributed by atoms with Crippen molar-refractivity contribution < 1.29 is 14.3 Å². The summed E-state index contributed by atoms with van der Waals surface area (Å²) in [7, 11) is 0. The number of aromatic nitrogens is 3. The van der Waals surface area contributed by atoms with E-state index < -0.39 is 6.04 Å². The van der Waals surface area contributed by atoms with E-state index in [2.05, 4.69) is 10.3 Å². The topological polar surface area (TPSA) is 97.6 Å². The molecule has 0 bridgehead atoms. The second-order valence-electron chi connectivity index (χ2n) is 6.04. The largest absolute Gasteiger partial charge is 0.450 e. The van der Waals surface area contributed by atoms with Crippen LogP contribution in [0.15, 0.2) is 29.1 Å². The van der Waals surface area contributed by atoms with Crippen molar-refractivity contribution in [2.45, 2.75) is 19.9 Å². The summed E-state index contributed by atoms with van der Waals surface area (Å²) in [6.07, 6.45) is -0.371. The zero-order valence-corrected chi connectivity index (χ0v) is 14.8. The number of fused-ring (bicyclic) bond motifs is 1. The first-order chi connectivity index (χ1) is 12.5. The van der Waals surface area contributed by atoms with Crippen molar-refractivity contribution in [3.05, 3.63) is 34.6 Å². The van der Waals surface area contributed by atoms with E-state index in [0.29, 0.717) is 43.7 Å². The van der Waals surface area contributed by atoms with E-state index in [-0.39, 0.29) is 17.6 Å². The highest BCUT2D eigenvalue weighted by molar-refractivity contribution is 5.81. The minimum atomic E-state index is -0.770. The van der Waals surface area contributed by atoms with E-state index in [9.17, 15) is 14.4 Å². The molecule has 0 aliphatic carbocycles. The smallest absolute Gasteiger partial charge is 0.409 e. The maximum Gasteiger partial charge on any atom is 0.409 e. The maximum atomic E-state index is 12.8. The molecule has 1 aromatic heterocycles. The molecule has 1 saturated heterocycles. The van der Waals surface area contributed by atoms with Crippen LogP contribution in [-0.2, 0) is 9.53 Å². The van der Waals surface area contributed by atoms with Gasteiger partial charge in [-0.3, -0.25) is 9.59 Å². The van der Waals surface area contributed by atoms with Crippen molar-refractivity contribution in [2.75, 3.05) is 32.8 Å². The van der Waals surface area contributed by atoms with Gasteiger partial charge in [-0.15, -0.1) is 5.10 Å². The number of carbonyl (C=O) groups excluding carboxylic acids is 2. The number of hydrogen-bond donors (Lipinski definition) is 0.